The molecular weight excluding hydrogens is 527 g/mol. The van der Waals surface area contributed by atoms with Crippen molar-refractivity contribution in [1.82, 2.24) is 24.6 Å². The lowest BCUT2D eigenvalue weighted by Crippen LogP contribution is -2.32. The fourth-order valence-electron chi connectivity index (χ4n) is 5.34. The Hall–Kier alpha value is -3.90. The predicted molar refractivity (Wildman–Crippen MR) is 152 cm³/mol. The normalized spacial score (nSPS) is 17.6. The first-order valence-electron chi connectivity index (χ1n) is 13.7. The van der Waals surface area contributed by atoms with E-state index in [0.29, 0.717) is 62.2 Å². The molecule has 10 nitrogen and oxygen atoms in total. The first-order chi connectivity index (χ1) is 19.9. The Morgan fingerprint density at radius 2 is 2.12 bits per heavy atom. The summed E-state index contributed by atoms with van der Waals surface area (Å²) in [5.74, 6) is 0.115. The van der Waals surface area contributed by atoms with Gasteiger partial charge < -0.3 is 29.7 Å². The van der Waals surface area contributed by atoms with Gasteiger partial charge in [0.1, 0.15) is 23.4 Å². The van der Waals surface area contributed by atoms with Gasteiger partial charge in [0.25, 0.3) is 5.91 Å². The minimum Gasteiger partial charge on any atom is -0.376 e. The summed E-state index contributed by atoms with van der Waals surface area (Å²) in [4.78, 5) is 24.3. The number of rotatable bonds is 9. The number of hydrogen-bond acceptors (Lipinski definition) is 8. The molecule has 1 amide bonds. The lowest BCUT2D eigenvalue weighted by Gasteiger charge is -2.25. The van der Waals surface area contributed by atoms with E-state index < -0.39 is 0 Å². The van der Waals surface area contributed by atoms with Crippen molar-refractivity contribution in [2.75, 3.05) is 45.8 Å². The Bertz CT molecular complexity index is 1580. The SMILES string of the molecule is C[C@H](OC[C@H]1COCCO1)c1ccc(Nc2ccc(-c3cnc4cc(F)ccn34)c3c2C(=O)NC3)nc1CN(C)C. The Morgan fingerprint density at radius 3 is 2.93 bits per heavy atom. The van der Waals surface area contributed by atoms with Gasteiger partial charge in [0.2, 0.25) is 0 Å². The van der Waals surface area contributed by atoms with Gasteiger partial charge in [-0.1, -0.05) is 12.1 Å². The second-order valence-corrected chi connectivity index (χ2v) is 10.6. The number of fused-ring (bicyclic) bond motifs is 2. The van der Waals surface area contributed by atoms with Crippen molar-refractivity contribution in [3.63, 3.8) is 0 Å². The van der Waals surface area contributed by atoms with E-state index in [1.807, 2.05) is 49.7 Å². The zero-order chi connectivity index (χ0) is 28.5. The molecule has 2 atom stereocenters. The van der Waals surface area contributed by atoms with E-state index in [0.717, 1.165) is 28.1 Å². The first kappa shape index (κ1) is 27.3. The molecule has 2 aliphatic rings. The highest BCUT2D eigenvalue weighted by molar-refractivity contribution is 6.06. The Kier molecular flexibility index (Phi) is 7.67. The monoisotopic (exact) mass is 560 g/mol. The largest absolute Gasteiger partial charge is 0.376 e. The highest BCUT2D eigenvalue weighted by Crippen LogP contribution is 2.36. The molecule has 0 bridgehead atoms. The topological polar surface area (TPSA) is 102 Å². The average molecular weight is 561 g/mol. The van der Waals surface area contributed by atoms with Crippen LogP contribution in [0.25, 0.3) is 16.9 Å². The summed E-state index contributed by atoms with van der Waals surface area (Å²) in [6.07, 6.45) is 3.08. The zero-order valence-electron chi connectivity index (χ0n) is 23.3. The first-order valence-corrected chi connectivity index (χ1v) is 13.7. The third kappa shape index (κ3) is 5.66. The standard InChI is InChI=1S/C30H33FN6O4/c1-18(41-17-20-16-39-10-11-40-20)21-5-7-27(35-25(21)15-36(2)3)34-24-6-4-22(23-13-33-30(38)29(23)24)26-14-32-28-12-19(31)8-9-37(26)28/h4-9,12,14,18,20H,10-11,13,15-17H2,1-3H3,(H,33,38)(H,34,35)/t18-,20+/m0/s1. The van der Waals surface area contributed by atoms with Crippen LogP contribution in [0.1, 0.15) is 40.2 Å². The quantitative estimate of drug-likeness (QED) is 0.316. The van der Waals surface area contributed by atoms with E-state index in [9.17, 15) is 9.18 Å². The van der Waals surface area contributed by atoms with Gasteiger partial charge >= 0.3 is 0 Å². The number of halogens is 1. The van der Waals surface area contributed by atoms with Crippen molar-refractivity contribution in [3.8, 4) is 11.3 Å². The lowest BCUT2D eigenvalue weighted by atomic mass is 9.99. The van der Waals surface area contributed by atoms with Crippen LogP contribution in [0, 0.1) is 5.82 Å². The second-order valence-electron chi connectivity index (χ2n) is 10.6. The third-order valence-corrected chi connectivity index (χ3v) is 7.31. The maximum absolute atomic E-state index is 13.7. The van der Waals surface area contributed by atoms with E-state index >= 15 is 0 Å². The molecule has 41 heavy (non-hydrogen) atoms. The smallest absolute Gasteiger partial charge is 0.254 e. The van der Waals surface area contributed by atoms with Crippen LogP contribution in [0.3, 0.4) is 0 Å². The van der Waals surface area contributed by atoms with Crippen molar-refractivity contribution in [1.29, 1.82) is 0 Å². The minimum absolute atomic E-state index is 0.0738. The number of nitrogens with zero attached hydrogens (tertiary/aromatic N) is 4. The van der Waals surface area contributed by atoms with E-state index in [4.69, 9.17) is 19.2 Å². The molecule has 0 unspecified atom stereocenters. The molecule has 2 N–H and O–H groups in total. The van der Waals surface area contributed by atoms with E-state index in [2.05, 4.69) is 20.5 Å². The van der Waals surface area contributed by atoms with Gasteiger partial charge in [-0.25, -0.2) is 14.4 Å². The van der Waals surface area contributed by atoms with Crippen molar-refractivity contribution < 1.29 is 23.4 Å². The highest BCUT2D eigenvalue weighted by atomic mass is 19.1. The molecule has 0 aliphatic carbocycles. The summed E-state index contributed by atoms with van der Waals surface area (Å²) in [6.45, 7) is 5.19. The van der Waals surface area contributed by atoms with Crippen LogP contribution in [0.4, 0.5) is 15.9 Å². The van der Waals surface area contributed by atoms with Crippen LogP contribution in [0.2, 0.25) is 0 Å². The number of anilines is 2. The van der Waals surface area contributed by atoms with Gasteiger partial charge in [-0.2, -0.15) is 0 Å². The summed E-state index contributed by atoms with van der Waals surface area (Å²) < 4.78 is 32.9. The molecule has 0 spiro atoms. The van der Waals surface area contributed by atoms with Crippen LogP contribution in [-0.4, -0.2) is 71.8 Å². The Labute approximate surface area is 237 Å². The predicted octanol–water partition coefficient (Wildman–Crippen LogP) is 4.08. The van der Waals surface area contributed by atoms with E-state index in [-0.39, 0.29) is 23.9 Å². The number of carbonyl (C=O) groups excluding carboxylic acids is 1. The molecule has 5 heterocycles. The molecule has 11 heteroatoms. The minimum atomic E-state index is -0.350. The van der Waals surface area contributed by atoms with E-state index in [1.165, 1.54) is 12.1 Å². The van der Waals surface area contributed by atoms with Crippen LogP contribution >= 0.6 is 0 Å². The molecule has 0 radical (unpaired) electrons. The van der Waals surface area contributed by atoms with Crippen molar-refractivity contribution in [2.24, 2.45) is 0 Å². The van der Waals surface area contributed by atoms with Crippen LogP contribution in [0.15, 0.2) is 48.8 Å². The van der Waals surface area contributed by atoms with Crippen molar-refractivity contribution in [3.05, 3.63) is 77.0 Å². The molecule has 0 saturated carbocycles. The summed E-state index contributed by atoms with van der Waals surface area (Å²) in [5.41, 5.74) is 6.09. The number of aromatic nitrogens is 3. The fraction of sp³-hybridized carbons (Fsp3) is 0.367. The maximum Gasteiger partial charge on any atom is 0.254 e. The average Bonchev–Trinajstić information content (AvgIpc) is 3.56. The molecule has 4 aromatic rings. The van der Waals surface area contributed by atoms with Crippen LogP contribution in [-0.2, 0) is 27.3 Å². The molecule has 2 aliphatic heterocycles. The van der Waals surface area contributed by atoms with Gasteiger partial charge in [-0.15, -0.1) is 0 Å². The molecule has 1 fully saturated rings. The Morgan fingerprint density at radius 1 is 1.24 bits per heavy atom. The molecule has 1 aromatic carbocycles. The number of carbonyl (C=O) groups is 1. The van der Waals surface area contributed by atoms with Crippen molar-refractivity contribution in [2.45, 2.75) is 32.2 Å². The number of amides is 1. The van der Waals surface area contributed by atoms with Gasteiger partial charge in [0, 0.05) is 36.5 Å². The Balaban J connectivity index is 1.28. The van der Waals surface area contributed by atoms with Gasteiger partial charge in [0.05, 0.1) is 61.4 Å². The maximum atomic E-state index is 13.7. The molecule has 6 rings (SSSR count). The van der Waals surface area contributed by atoms with Crippen molar-refractivity contribution >= 4 is 23.1 Å². The third-order valence-electron chi connectivity index (χ3n) is 7.31. The zero-order valence-corrected chi connectivity index (χ0v) is 23.3. The second kappa shape index (κ2) is 11.5. The number of pyridine rings is 2. The van der Waals surface area contributed by atoms with Crippen LogP contribution in [0.5, 0.6) is 0 Å². The fourth-order valence-corrected chi connectivity index (χ4v) is 5.34. The number of imidazole rings is 1. The van der Waals surface area contributed by atoms with Crippen LogP contribution < -0.4 is 10.6 Å². The number of nitrogens with one attached hydrogen (secondary N) is 2. The van der Waals surface area contributed by atoms with Gasteiger partial charge in [-0.05, 0) is 44.8 Å². The number of hydrogen-bond donors (Lipinski definition) is 2. The summed E-state index contributed by atoms with van der Waals surface area (Å²) in [5, 5.41) is 6.32. The number of benzene rings is 1. The van der Waals surface area contributed by atoms with E-state index in [1.54, 1.807) is 12.4 Å². The summed E-state index contributed by atoms with van der Waals surface area (Å²) in [7, 11) is 3.99. The molecular formula is C30H33FN6O4. The molecule has 1 saturated heterocycles. The molecule has 214 valence electrons. The molecule has 3 aromatic heterocycles. The van der Waals surface area contributed by atoms with Gasteiger partial charge in [-0.3, -0.25) is 9.20 Å². The highest BCUT2D eigenvalue weighted by Gasteiger charge is 2.28. The lowest BCUT2D eigenvalue weighted by molar-refractivity contribution is -0.123. The van der Waals surface area contributed by atoms with Gasteiger partial charge in [0.15, 0.2) is 0 Å². The number of ether oxygens (including phenoxy) is 3. The summed E-state index contributed by atoms with van der Waals surface area (Å²) >= 11 is 0. The summed E-state index contributed by atoms with van der Waals surface area (Å²) in [6, 6.07) is 10.5.